The molecule has 1 unspecified atom stereocenters. The van der Waals surface area contributed by atoms with Gasteiger partial charge in [-0.2, -0.15) is 0 Å². The molecule has 0 aliphatic carbocycles. The van der Waals surface area contributed by atoms with Crippen LogP contribution in [0.25, 0.3) is 0 Å². The Morgan fingerprint density at radius 3 is 2.61 bits per heavy atom. The average molecular weight is 246 g/mol. The third-order valence-corrected chi connectivity index (χ3v) is 2.95. The SMILES string of the molecule is Cn1ccc([N+](=O)[O-])c1CC(O)c1ccccc1. The second kappa shape index (κ2) is 5.01. The Hall–Kier alpha value is -2.14. The number of rotatable bonds is 4. The number of nitrogens with zero attached hydrogens (tertiary/aromatic N) is 2. The van der Waals surface area contributed by atoms with Gasteiger partial charge in [-0.1, -0.05) is 30.3 Å². The smallest absolute Gasteiger partial charge is 0.290 e. The van der Waals surface area contributed by atoms with E-state index in [0.29, 0.717) is 5.69 Å². The van der Waals surface area contributed by atoms with Gasteiger partial charge in [0.1, 0.15) is 0 Å². The Balaban J connectivity index is 2.24. The lowest BCUT2D eigenvalue weighted by Gasteiger charge is -2.11. The average Bonchev–Trinajstić information content (AvgIpc) is 2.72. The van der Waals surface area contributed by atoms with Crippen LogP contribution in [0.2, 0.25) is 0 Å². The number of benzene rings is 1. The summed E-state index contributed by atoms with van der Waals surface area (Å²) in [5.74, 6) is 0. The maximum Gasteiger partial charge on any atom is 0.290 e. The van der Waals surface area contributed by atoms with Crippen LogP contribution in [0.1, 0.15) is 17.4 Å². The molecule has 1 atom stereocenters. The van der Waals surface area contributed by atoms with Gasteiger partial charge < -0.3 is 9.67 Å². The van der Waals surface area contributed by atoms with E-state index >= 15 is 0 Å². The van der Waals surface area contributed by atoms with Crippen molar-refractivity contribution in [3.8, 4) is 0 Å². The lowest BCUT2D eigenvalue weighted by molar-refractivity contribution is -0.385. The zero-order valence-electron chi connectivity index (χ0n) is 9.98. The molecule has 94 valence electrons. The van der Waals surface area contributed by atoms with E-state index in [4.69, 9.17) is 0 Å². The molecule has 0 fully saturated rings. The van der Waals surface area contributed by atoms with Gasteiger partial charge in [0.25, 0.3) is 5.69 Å². The van der Waals surface area contributed by atoms with Gasteiger partial charge in [0.15, 0.2) is 0 Å². The summed E-state index contributed by atoms with van der Waals surface area (Å²) in [4.78, 5) is 10.4. The minimum Gasteiger partial charge on any atom is -0.388 e. The lowest BCUT2D eigenvalue weighted by Crippen LogP contribution is -2.07. The van der Waals surface area contributed by atoms with Gasteiger partial charge in [-0.3, -0.25) is 10.1 Å². The molecule has 0 amide bonds. The first-order valence-corrected chi connectivity index (χ1v) is 5.61. The van der Waals surface area contributed by atoms with Crippen molar-refractivity contribution < 1.29 is 10.0 Å². The van der Waals surface area contributed by atoms with E-state index in [1.807, 2.05) is 18.2 Å². The first kappa shape index (κ1) is 12.3. The van der Waals surface area contributed by atoms with Gasteiger partial charge in [0, 0.05) is 25.7 Å². The van der Waals surface area contributed by atoms with Crippen molar-refractivity contribution in [1.82, 2.24) is 4.57 Å². The highest BCUT2D eigenvalue weighted by Gasteiger charge is 2.20. The second-order valence-corrected chi connectivity index (χ2v) is 4.15. The van der Waals surface area contributed by atoms with Crippen LogP contribution in [0, 0.1) is 10.1 Å². The fourth-order valence-corrected chi connectivity index (χ4v) is 1.94. The van der Waals surface area contributed by atoms with Crippen LogP contribution < -0.4 is 0 Å². The zero-order chi connectivity index (χ0) is 13.1. The molecule has 0 saturated heterocycles. The van der Waals surface area contributed by atoms with Crippen molar-refractivity contribution in [2.75, 3.05) is 0 Å². The summed E-state index contributed by atoms with van der Waals surface area (Å²) in [6.45, 7) is 0. The van der Waals surface area contributed by atoms with E-state index in [0.717, 1.165) is 5.56 Å². The quantitative estimate of drug-likeness (QED) is 0.664. The first-order chi connectivity index (χ1) is 8.59. The topological polar surface area (TPSA) is 68.3 Å². The minimum absolute atomic E-state index is 0.0486. The monoisotopic (exact) mass is 246 g/mol. The molecule has 1 aromatic heterocycles. The van der Waals surface area contributed by atoms with Crippen molar-refractivity contribution in [1.29, 1.82) is 0 Å². The van der Waals surface area contributed by atoms with Crippen LogP contribution in [0.5, 0.6) is 0 Å². The number of hydrogen-bond donors (Lipinski definition) is 1. The maximum atomic E-state index is 10.9. The predicted molar refractivity (Wildman–Crippen MR) is 67.2 cm³/mol. The molecule has 1 heterocycles. The van der Waals surface area contributed by atoms with Crippen LogP contribution >= 0.6 is 0 Å². The van der Waals surface area contributed by atoms with E-state index in [2.05, 4.69) is 0 Å². The van der Waals surface area contributed by atoms with Crippen LogP contribution in [-0.4, -0.2) is 14.6 Å². The molecule has 5 heteroatoms. The largest absolute Gasteiger partial charge is 0.388 e. The van der Waals surface area contributed by atoms with E-state index in [1.54, 1.807) is 29.9 Å². The molecule has 1 N–H and O–H groups in total. The van der Waals surface area contributed by atoms with Crippen molar-refractivity contribution in [3.63, 3.8) is 0 Å². The summed E-state index contributed by atoms with van der Waals surface area (Å²) >= 11 is 0. The Bertz CT molecular complexity index is 549. The number of nitro groups is 1. The molecule has 0 aliphatic rings. The normalized spacial score (nSPS) is 12.3. The molecule has 2 rings (SSSR count). The van der Waals surface area contributed by atoms with Gasteiger partial charge in [-0.25, -0.2) is 0 Å². The number of hydrogen-bond acceptors (Lipinski definition) is 3. The number of aliphatic hydroxyl groups excluding tert-OH is 1. The summed E-state index contributed by atoms with van der Waals surface area (Å²) < 4.78 is 1.67. The summed E-state index contributed by atoms with van der Waals surface area (Å²) in [5, 5.41) is 21.0. The predicted octanol–water partition coefficient (Wildman–Crippen LogP) is 2.21. The highest BCUT2D eigenvalue weighted by molar-refractivity contribution is 5.37. The van der Waals surface area contributed by atoms with E-state index < -0.39 is 11.0 Å². The fraction of sp³-hybridized carbons (Fsp3) is 0.231. The second-order valence-electron chi connectivity index (χ2n) is 4.15. The van der Waals surface area contributed by atoms with Gasteiger partial charge in [-0.15, -0.1) is 0 Å². The van der Waals surface area contributed by atoms with Crippen LogP contribution in [-0.2, 0) is 13.5 Å². The molecule has 2 aromatic rings. The molecule has 18 heavy (non-hydrogen) atoms. The van der Waals surface area contributed by atoms with Crippen molar-refractivity contribution >= 4 is 5.69 Å². The Labute approximate surface area is 104 Å². The minimum atomic E-state index is -0.738. The van der Waals surface area contributed by atoms with Gasteiger partial charge >= 0.3 is 0 Å². The standard InChI is InChI=1S/C13H14N2O3/c1-14-8-7-11(15(17)18)12(14)9-13(16)10-5-3-2-4-6-10/h2-8,13,16H,9H2,1H3. The van der Waals surface area contributed by atoms with Crippen LogP contribution in [0.3, 0.4) is 0 Å². The lowest BCUT2D eigenvalue weighted by atomic mass is 10.0. The summed E-state index contributed by atoms with van der Waals surface area (Å²) in [6.07, 6.45) is 1.12. The van der Waals surface area contributed by atoms with Crippen LogP contribution in [0.4, 0.5) is 5.69 Å². The molecular weight excluding hydrogens is 232 g/mol. The molecular formula is C13H14N2O3. The van der Waals surface area contributed by atoms with Crippen LogP contribution in [0.15, 0.2) is 42.6 Å². The Kier molecular flexibility index (Phi) is 3.43. The Morgan fingerprint density at radius 2 is 2.00 bits per heavy atom. The fourth-order valence-electron chi connectivity index (χ4n) is 1.94. The highest BCUT2D eigenvalue weighted by atomic mass is 16.6. The highest BCUT2D eigenvalue weighted by Crippen LogP contribution is 2.25. The summed E-state index contributed by atoms with van der Waals surface area (Å²) in [6, 6.07) is 10.6. The third-order valence-electron chi connectivity index (χ3n) is 2.95. The van der Waals surface area contributed by atoms with Gasteiger partial charge in [-0.05, 0) is 5.56 Å². The summed E-state index contributed by atoms with van der Waals surface area (Å²) in [7, 11) is 1.74. The van der Waals surface area contributed by atoms with Crippen molar-refractivity contribution in [2.24, 2.45) is 7.05 Å². The molecule has 0 spiro atoms. The van der Waals surface area contributed by atoms with Crippen molar-refractivity contribution in [3.05, 3.63) is 64.0 Å². The maximum absolute atomic E-state index is 10.9. The van der Waals surface area contributed by atoms with E-state index in [1.165, 1.54) is 6.07 Å². The molecule has 5 nitrogen and oxygen atoms in total. The molecule has 0 aliphatic heterocycles. The van der Waals surface area contributed by atoms with Gasteiger partial charge in [0.05, 0.1) is 16.7 Å². The molecule has 0 saturated carbocycles. The number of aromatic nitrogens is 1. The molecule has 1 aromatic carbocycles. The third kappa shape index (κ3) is 2.41. The number of aliphatic hydroxyl groups is 1. The molecule has 0 bridgehead atoms. The number of aryl methyl sites for hydroxylation is 1. The molecule has 0 radical (unpaired) electrons. The van der Waals surface area contributed by atoms with Gasteiger partial charge in [0.2, 0.25) is 0 Å². The van der Waals surface area contributed by atoms with E-state index in [9.17, 15) is 15.2 Å². The Morgan fingerprint density at radius 1 is 1.33 bits per heavy atom. The first-order valence-electron chi connectivity index (χ1n) is 5.61. The summed E-state index contributed by atoms with van der Waals surface area (Å²) in [5.41, 5.74) is 1.33. The van der Waals surface area contributed by atoms with E-state index in [-0.39, 0.29) is 12.1 Å². The zero-order valence-corrected chi connectivity index (χ0v) is 9.98. The van der Waals surface area contributed by atoms with Crippen molar-refractivity contribution in [2.45, 2.75) is 12.5 Å².